The summed E-state index contributed by atoms with van der Waals surface area (Å²) in [5.41, 5.74) is 5.91. The minimum Gasteiger partial charge on any atom is -0.325 e. The van der Waals surface area contributed by atoms with E-state index >= 15 is 0 Å². The summed E-state index contributed by atoms with van der Waals surface area (Å²) < 4.78 is 23.2. The molecule has 1 aromatic heterocycles. The van der Waals surface area contributed by atoms with Crippen molar-refractivity contribution in [3.63, 3.8) is 0 Å². The van der Waals surface area contributed by atoms with Gasteiger partial charge in [-0.2, -0.15) is 0 Å². The minimum atomic E-state index is -3.06. The Morgan fingerprint density at radius 3 is 2.84 bits per heavy atom. The van der Waals surface area contributed by atoms with Crippen molar-refractivity contribution in [2.75, 3.05) is 6.26 Å². The fourth-order valence-electron chi connectivity index (χ4n) is 2.50. The maximum atomic E-state index is 12.3. The molecule has 0 amide bonds. The first kappa shape index (κ1) is 14.6. The molecule has 106 valence electrons. The Bertz CT molecular complexity index is 565. The summed E-state index contributed by atoms with van der Waals surface area (Å²) in [6, 6.07) is 0. The Labute approximate surface area is 117 Å². The van der Waals surface area contributed by atoms with Gasteiger partial charge in [-0.15, -0.1) is 11.3 Å². The van der Waals surface area contributed by atoms with Crippen LogP contribution in [0.5, 0.6) is 0 Å². The number of Topliss-reactive ketones (excluding diaryl/α,β-unsaturated/α-hetero) is 1. The zero-order chi connectivity index (χ0) is 14.0. The molecule has 0 bridgehead atoms. The van der Waals surface area contributed by atoms with Crippen molar-refractivity contribution in [3.05, 3.63) is 16.1 Å². The van der Waals surface area contributed by atoms with Gasteiger partial charge < -0.3 is 5.73 Å². The van der Waals surface area contributed by atoms with Crippen LogP contribution in [0.15, 0.2) is 5.38 Å². The number of aromatic nitrogens is 1. The fraction of sp³-hybridized carbons (Fsp3) is 0.667. The first-order chi connectivity index (χ1) is 8.91. The van der Waals surface area contributed by atoms with E-state index in [1.54, 1.807) is 5.38 Å². The molecule has 19 heavy (non-hydrogen) atoms. The zero-order valence-electron chi connectivity index (χ0n) is 10.8. The van der Waals surface area contributed by atoms with Crippen molar-refractivity contribution in [3.8, 4) is 0 Å². The van der Waals surface area contributed by atoms with Crippen LogP contribution in [0.2, 0.25) is 0 Å². The normalized spacial score (nSPS) is 24.3. The number of rotatable bonds is 4. The van der Waals surface area contributed by atoms with Gasteiger partial charge >= 0.3 is 0 Å². The van der Waals surface area contributed by atoms with E-state index in [-0.39, 0.29) is 17.0 Å². The third-order valence-corrected chi connectivity index (χ3v) is 6.09. The van der Waals surface area contributed by atoms with Gasteiger partial charge in [-0.3, -0.25) is 4.79 Å². The van der Waals surface area contributed by atoms with Crippen LogP contribution in [-0.2, 0) is 16.4 Å². The first-order valence-corrected chi connectivity index (χ1v) is 9.12. The first-order valence-electron chi connectivity index (χ1n) is 6.29. The van der Waals surface area contributed by atoms with Gasteiger partial charge in [-0.25, -0.2) is 13.4 Å². The molecule has 2 N–H and O–H groups in total. The Hall–Kier alpha value is -0.790. The van der Waals surface area contributed by atoms with Crippen molar-refractivity contribution in [1.82, 2.24) is 4.98 Å². The number of nitrogens with two attached hydrogens (primary N) is 1. The molecule has 2 atom stereocenters. The van der Waals surface area contributed by atoms with E-state index in [4.69, 9.17) is 5.73 Å². The molecule has 7 heteroatoms. The topological polar surface area (TPSA) is 90.1 Å². The molecule has 0 radical (unpaired) electrons. The van der Waals surface area contributed by atoms with E-state index in [0.717, 1.165) is 17.8 Å². The van der Waals surface area contributed by atoms with Gasteiger partial charge in [0.2, 0.25) is 0 Å². The number of ketones is 1. The van der Waals surface area contributed by atoms with Crippen LogP contribution in [0.3, 0.4) is 0 Å². The zero-order valence-corrected chi connectivity index (χ0v) is 12.5. The van der Waals surface area contributed by atoms with Crippen molar-refractivity contribution in [2.24, 2.45) is 11.7 Å². The van der Waals surface area contributed by atoms with E-state index in [1.165, 1.54) is 17.6 Å². The maximum absolute atomic E-state index is 12.3. The van der Waals surface area contributed by atoms with E-state index < -0.39 is 9.84 Å². The minimum absolute atomic E-state index is 0.0377. The second-order valence-electron chi connectivity index (χ2n) is 5.01. The molecule has 1 fully saturated rings. The molecule has 5 nitrogen and oxygen atoms in total. The number of carbonyl (C=O) groups is 1. The summed E-state index contributed by atoms with van der Waals surface area (Å²) in [4.78, 5) is 16.5. The van der Waals surface area contributed by atoms with Gasteiger partial charge in [-0.05, 0) is 19.3 Å². The van der Waals surface area contributed by atoms with Crippen LogP contribution in [0, 0.1) is 5.92 Å². The summed E-state index contributed by atoms with van der Waals surface area (Å²) in [7, 11) is -3.06. The summed E-state index contributed by atoms with van der Waals surface area (Å²) in [6.45, 7) is 0.328. The molecule has 1 heterocycles. The van der Waals surface area contributed by atoms with Crippen LogP contribution in [-0.4, -0.2) is 30.7 Å². The van der Waals surface area contributed by atoms with Crippen molar-refractivity contribution < 1.29 is 13.2 Å². The van der Waals surface area contributed by atoms with E-state index in [0.29, 0.717) is 25.1 Å². The molecular weight excluding hydrogens is 284 g/mol. The maximum Gasteiger partial charge on any atom is 0.185 e. The second kappa shape index (κ2) is 5.68. The van der Waals surface area contributed by atoms with Gasteiger partial charge in [0.25, 0.3) is 0 Å². The quantitative estimate of drug-likeness (QED) is 0.849. The average molecular weight is 302 g/mol. The van der Waals surface area contributed by atoms with Crippen molar-refractivity contribution >= 4 is 27.0 Å². The smallest absolute Gasteiger partial charge is 0.185 e. The fourth-order valence-corrected chi connectivity index (χ4v) is 4.34. The molecule has 1 aromatic rings. The predicted octanol–water partition coefficient (Wildman–Crippen LogP) is 1.39. The number of sulfone groups is 1. The molecule has 1 saturated carbocycles. The Morgan fingerprint density at radius 2 is 2.26 bits per heavy atom. The molecular formula is C12H18N2O3S2. The third-order valence-electron chi connectivity index (χ3n) is 3.58. The number of thiazole rings is 1. The van der Waals surface area contributed by atoms with Crippen LogP contribution in [0.1, 0.15) is 41.2 Å². The lowest BCUT2D eigenvalue weighted by Crippen LogP contribution is -2.31. The van der Waals surface area contributed by atoms with Crippen LogP contribution < -0.4 is 5.73 Å². The third kappa shape index (κ3) is 3.40. The summed E-state index contributed by atoms with van der Waals surface area (Å²) >= 11 is 1.37. The highest BCUT2D eigenvalue weighted by Gasteiger charge is 2.33. The van der Waals surface area contributed by atoms with E-state index in [9.17, 15) is 13.2 Å². The average Bonchev–Trinajstić information content (AvgIpc) is 2.86. The van der Waals surface area contributed by atoms with Gasteiger partial charge in [0, 0.05) is 24.1 Å². The van der Waals surface area contributed by atoms with Crippen LogP contribution >= 0.6 is 11.3 Å². The van der Waals surface area contributed by atoms with Gasteiger partial charge in [0.1, 0.15) is 20.5 Å². The monoisotopic (exact) mass is 302 g/mol. The molecule has 0 aromatic carbocycles. The largest absolute Gasteiger partial charge is 0.325 e. The molecule has 0 aliphatic heterocycles. The molecule has 0 spiro atoms. The summed E-state index contributed by atoms with van der Waals surface area (Å²) in [6.07, 6.45) is 3.86. The molecule has 2 unspecified atom stereocenters. The molecule has 0 saturated heterocycles. The SMILES string of the molecule is CS(=O)(=O)C1CCCC(C(=O)c2csc(CN)n2)C1. The predicted molar refractivity (Wildman–Crippen MR) is 74.9 cm³/mol. The van der Waals surface area contributed by atoms with Gasteiger partial charge in [0.15, 0.2) is 5.78 Å². The second-order valence-corrected chi connectivity index (χ2v) is 8.28. The molecule has 1 aliphatic rings. The Balaban J connectivity index is 2.11. The van der Waals surface area contributed by atoms with E-state index in [2.05, 4.69) is 4.98 Å². The Morgan fingerprint density at radius 1 is 1.53 bits per heavy atom. The number of carbonyl (C=O) groups excluding carboxylic acids is 1. The summed E-state index contributed by atoms with van der Waals surface area (Å²) in [5.74, 6) is -0.259. The lowest BCUT2D eigenvalue weighted by Gasteiger charge is -2.26. The van der Waals surface area contributed by atoms with Crippen molar-refractivity contribution in [1.29, 1.82) is 0 Å². The van der Waals surface area contributed by atoms with Gasteiger partial charge in [0.05, 0.1) is 5.25 Å². The van der Waals surface area contributed by atoms with E-state index in [1.807, 2.05) is 0 Å². The van der Waals surface area contributed by atoms with Gasteiger partial charge in [-0.1, -0.05) is 6.42 Å². The lowest BCUT2D eigenvalue weighted by atomic mass is 9.85. The number of nitrogens with zero attached hydrogens (tertiary/aromatic N) is 1. The highest BCUT2D eigenvalue weighted by atomic mass is 32.2. The summed E-state index contributed by atoms with van der Waals surface area (Å²) in [5, 5.41) is 2.07. The van der Waals surface area contributed by atoms with Crippen LogP contribution in [0.25, 0.3) is 0 Å². The van der Waals surface area contributed by atoms with Crippen molar-refractivity contribution in [2.45, 2.75) is 37.5 Å². The highest BCUT2D eigenvalue weighted by molar-refractivity contribution is 7.91. The highest BCUT2D eigenvalue weighted by Crippen LogP contribution is 2.31. The standard InChI is InChI=1S/C12H18N2O3S2/c1-19(16,17)9-4-2-3-8(5-9)12(15)10-7-18-11(6-13)14-10/h7-9H,2-6,13H2,1H3. The molecule has 2 rings (SSSR count). The van der Waals surface area contributed by atoms with Crippen LogP contribution in [0.4, 0.5) is 0 Å². The molecule has 1 aliphatic carbocycles. The number of hydrogen-bond acceptors (Lipinski definition) is 6. The lowest BCUT2D eigenvalue weighted by molar-refractivity contribution is 0.0886. The number of hydrogen-bond donors (Lipinski definition) is 1. The Kier molecular flexibility index (Phi) is 4.37.